The second-order valence-electron chi connectivity index (χ2n) is 5.81. The molecule has 0 aliphatic carbocycles. The fourth-order valence-corrected chi connectivity index (χ4v) is 3.15. The van der Waals surface area contributed by atoms with Crippen molar-refractivity contribution in [3.05, 3.63) is 89.2 Å². The fraction of sp³-hybridized carbons (Fsp3) is 0.100. The second-order valence-corrected chi connectivity index (χ2v) is 6.25. The Morgan fingerprint density at radius 2 is 1.76 bits per heavy atom. The molecule has 2 aromatic carbocycles. The van der Waals surface area contributed by atoms with Gasteiger partial charge in [-0.15, -0.1) is 0 Å². The predicted molar refractivity (Wildman–Crippen MR) is 99.7 cm³/mol. The molecule has 25 heavy (non-hydrogen) atoms. The largest absolute Gasteiger partial charge is 0.324 e. The molecule has 4 nitrogen and oxygen atoms in total. The van der Waals surface area contributed by atoms with Crippen LogP contribution in [-0.2, 0) is 0 Å². The Kier molecular flexibility index (Phi) is 4.12. The summed E-state index contributed by atoms with van der Waals surface area (Å²) < 4.78 is 2.00. The van der Waals surface area contributed by atoms with E-state index in [9.17, 15) is 4.79 Å². The maximum atomic E-state index is 12.9. The summed E-state index contributed by atoms with van der Waals surface area (Å²) >= 11 is 6.07. The van der Waals surface area contributed by atoms with Gasteiger partial charge < -0.3 is 4.57 Å². The SMILES string of the molecule is O=C(c1ccc(-n2cccc2)cc1)N1CCN=C1c1cccc(Cl)c1. The van der Waals surface area contributed by atoms with Crippen molar-refractivity contribution in [1.29, 1.82) is 0 Å². The van der Waals surface area contributed by atoms with E-state index in [1.807, 2.05) is 77.6 Å². The van der Waals surface area contributed by atoms with Gasteiger partial charge in [0.1, 0.15) is 5.84 Å². The van der Waals surface area contributed by atoms with Gasteiger partial charge in [0.25, 0.3) is 5.91 Å². The molecule has 0 saturated carbocycles. The van der Waals surface area contributed by atoms with Gasteiger partial charge in [-0.05, 0) is 48.5 Å². The molecular weight excluding hydrogens is 334 g/mol. The van der Waals surface area contributed by atoms with Gasteiger partial charge in [-0.25, -0.2) is 0 Å². The standard InChI is InChI=1S/C20H16ClN3O/c21-17-5-3-4-16(14-17)19-22-10-13-24(19)20(25)15-6-8-18(9-7-15)23-11-1-2-12-23/h1-9,11-12,14H,10,13H2. The van der Waals surface area contributed by atoms with Gasteiger partial charge in [0, 0.05) is 40.8 Å². The van der Waals surface area contributed by atoms with E-state index in [0.29, 0.717) is 29.5 Å². The Morgan fingerprint density at radius 1 is 1.00 bits per heavy atom. The Hall–Kier alpha value is -2.85. The third-order valence-electron chi connectivity index (χ3n) is 4.19. The van der Waals surface area contributed by atoms with Crippen LogP contribution >= 0.6 is 11.6 Å². The first kappa shape index (κ1) is 15.7. The third-order valence-corrected chi connectivity index (χ3v) is 4.42. The summed E-state index contributed by atoms with van der Waals surface area (Å²) in [6, 6.07) is 19.0. The molecule has 0 fully saturated rings. The van der Waals surface area contributed by atoms with Gasteiger partial charge in [-0.1, -0.05) is 23.7 Å². The number of carbonyl (C=O) groups excluding carboxylic acids is 1. The van der Waals surface area contributed by atoms with E-state index in [1.165, 1.54) is 0 Å². The molecule has 1 aliphatic rings. The van der Waals surface area contributed by atoms with E-state index >= 15 is 0 Å². The van der Waals surface area contributed by atoms with Crippen molar-refractivity contribution in [2.75, 3.05) is 13.1 Å². The Bertz CT molecular complexity index is 930. The molecular formula is C20H16ClN3O. The first-order valence-electron chi connectivity index (χ1n) is 8.08. The minimum Gasteiger partial charge on any atom is -0.324 e. The van der Waals surface area contributed by atoms with Crippen LogP contribution in [0.3, 0.4) is 0 Å². The molecule has 0 unspecified atom stereocenters. The highest BCUT2D eigenvalue weighted by atomic mass is 35.5. The maximum absolute atomic E-state index is 12.9. The van der Waals surface area contributed by atoms with Crippen LogP contribution in [0.5, 0.6) is 0 Å². The zero-order valence-electron chi connectivity index (χ0n) is 13.5. The lowest BCUT2D eigenvalue weighted by Crippen LogP contribution is -2.34. The monoisotopic (exact) mass is 349 g/mol. The van der Waals surface area contributed by atoms with Crippen molar-refractivity contribution in [1.82, 2.24) is 9.47 Å². The number of carbonyl (C=O) groups is 1. The minimum atomic E-state index is -0.0460. The first-order valence-corrected chi connectivity index (χ1v) is 8.46. The summed E-state index contributed by atoms with van der Waals surface area (Å²) in [6.07, 6.45) is 3.95. The number of aliphatic imine (C=N–C) groups is 1. The van der Waals surface area contributed by atoms with E-state index < -0.39 is 0 Å². The lowest BCUT2D eigenvalue weighted by atomic mass is 10.1. The summed E-state index contributed by atoms with van der Waals surface area (Å²) in [5.74, 6) is 0.636. The van der Waals surface area contributed by atoms with Crippen LogP contribution in [0.25, 0.3) is 5.69 Å². The molecule has 0 spiro atoms. The molecule has 0 radical (unpaired) electrons. The van der Waals surface area contributed by atoms with Crippen LogP contribution in [0.2, 0.25) is 5.02 Å². The molecule has 0 saturated heterocycles. The number of aromatic nitrogens is 1. The summed E-state index contributed by atoms with van der Waals surface area (Å²) in [5.41, 5.74) is 2.53. The van der Waals surface area contributed by atoms with Gasteiger partial charge in [-0.2, -0.15) is 0 Å². The maximum Gasteiger partial charge on any atom is 0.259 e. The number of hydrogen-bond donors (Lipinski definition) is 0. The molecule has 2 heterocycles. The van der Waals surface area contributed by atoms with Crippen LogP contribution < -0.4 is 0 Å². The summed E-state index contributed by atoms with van der Waals surface area (Å²) in [5, 5.41) is 0.635. The van der Waals surface area contributed by atoms with Gasteiger partial charge >= 0.3 is 0 Å². The topological polar surface area (TPSA) is 37.6 Å². The minimum absolute atomic E-state index is 0.0460. The number of benzene rings is 2. The van der Waals surface area contributed by atoms with E-state index in [1.54, 1.807) is 4.90 Å². The average Bonchev–Trinajstić information content (AvgIpc) is 3.33. The van der Waals surface area contributed by atoms with Crippen molar-refractivity contribution in [2.45, 2.75) is 0 Å². The van der Waals surface area contributed by atoms with Crippen molar-refractivity contribution in [3.8, 4) is 5.69 Å². The zero-order chi connectivity index (χ0) is 17.2. The summed E-state index contributed by atoms with van der Waals surface area (Å²) in [7, 11) is 0. The smallest absolute Gasteiger partial charge is 0.259 e. The molecule has 0 atom stereocenters. The highest BCUT2D eigenvalue weighted by Gasteiger charge is 2.25. The van der Waals surface area contributed by atoms with Crippen molar-refractivity contribution in [2.24, 2.45) is 4.99 Å². The Balaban J connectivity index is 1.59. The van der Waals surface area contributed by atoms with Crippen LogP contribution in [0.4, 0.5) is 0 Å². The molecule has 1 amide bonds. The number of amides is 1. The number of halogens is 1. The summed E-state index contributed by atoms with van der Waals surface area (Å²) in [4.78, 5) is 19.1. The Labute approximate surface area is 151 Å². The van der Waals surface area contributed by atoms with Gasteiger partial charge in [0.2, 0.25) is 0 Å². The lowest BCUT2D eigenvalue weighted by Gasteiger charge is -2.19. The number of hydrogen-bond acceptors (Lipinski definition) is 2. The normalized spacial score (nSPS) is 13.8. The molecule has 1 aromatic heterocycles. The first-order chi connectivity index (χ1) is 12.2. The Morgan fingerprint density at radius 3 is 2.48 bits per heavy atom. The molecule has 1 aliphatic heterocycles. The van der Waals surface area contributed by atoms with Crippen molar-refractivity contribution >= 4 is 23.3 Å². The fourth-order valence-electron chi connectivity index (χ4n) is 2.96. The third kappa shape index (κ3) is 3.08. The number of amidine groups is 1. The quantitative estimate of drug-likeness (QED) is 0.703. The number of rotatable bonds is 3. The van der Waals surface area contributed by atoms with Crippen molar-refractivity contribution in [3.63, 3.8) is 0 Å². The molecule has 4 rings (SSSR count). The van der Waals surface area contributed by atoms with E-state index in [-0.39, 0.29) is 5.91 Å². The van der Waals surface area contributed by atoms with Crippen LogP contribution in [0, 0.1) is 0 Å². The number of nitrogens with zero attached hydrogens (tertiary/aromatic N) is 3. The molecule has 3 aromatic rings. The zero-order valence-corrected chi connectivity index (χ0v) is 14.2. The van der Waals surface area contributed by atoms with Crippen molar-refractivity contribution < 1.29 is 4.79 Å². The average molecular weight is 350 g/mol. The van der Waals surface area contributed by atoms with E-state index in [2.05, 4.69) is 4.99 Å². The molecule has 0 N–H and O–H groups in total. The predicted octanol–water partition coefficient (Wildman–Crippen LogP) is 4.03. The van der Waals surface area contributed by atoms with E-state index in [4.69, 9.17) is 11.6 Å². The van der Waals surface area contributed by atoms with Gasteiger partial charge in [0.05, 0.1) is 6.54 Å². The van der Waals surface area contributed by atoms with Crippen LogP contribution in [-0.4, -0.2) is 34.3 Å². The second kappa shape index (κ2) is 6.57. The van der Waals surface area contributed by atoms with Crippen LogP contribution in [0.15, 0.2) is 78.0 Å². The van der Waals surface area contributed by atoms with Gasteiger partial charge in [-0.3, -0.25) is 14.7 Å². The summed E-state index contributed by atoms with van der Waals surface area (Å²) in [6.45, 7) is 1.19. The highest BCUT2D eigenvalue weighted by Crippen LogP contribution is 2.19. The molecule has 124 valence electrons. The van der Waals surface area contributed by atoms with E-state index in [0.717, 1.165) is 11.3 Å². The molecule has 0 bridgehead atoms. The highest BCUT2D eigenvalue weighted by molar-refractivity contribution is 6.31. The van der Waals surface area contributed by atoms with Gasteiger partial charge in [0.15, 0.2) is 0 Å². The van der Waals surface area contributed by atoms with Crippen LogP contribution in [0.1, 0.15) is 15.9 Å². The lowest BCUT2D eigenvalue weighted by molar-refractivity contribution is 0.0858. The molecule has 5 heteroatoms.